The monoisotopic (exact) mass is 558 g/mol. The van der Waals surface area contributed by atoms with E-state index in [1.165, 1.54) is 0 Å². The van der Waals surface area contributed by atoms with Gasteiger partial charge in [0.25, 0.3) is 11.5 Å². The Bertz CT molecular complexity index is 1530. The Balaban J connectivity index is 1.37. The van der Waals surface area contributed by atoms with Crippen LogP contribution in [-0.4, -0.2) is 46.9 Å². The SMILES string of the molecule is CCc1ccc(N2C(=O)NC(=O)[C@@](Cc3ccc(Cl)cc3)(CN3C[C@H]4C[C@@H](C3)c3cccc(=O)n3C4)C2=O)cc1. The Morgan fingerprint density at radius 2 is 1.62 bits per heavy atom. The van der Waals surface area contributed by atoms with Crippen molar-refractivity contribution >= 4 is 35.1 Å². The average molecular weight is 559 g/mol. The van der Waals surface area contributed by atoms with Gasteiger partial charge in [-0.1, -0.05) is 48.9 Å². The minimum atomic E-state index is -1.53. The summed E-state index contributed by atoms with van der Waals surface area (Å²) in [5.41, 5.74) is 1.75. The first-order valence-electron chi connectivity index (χ1n) is 13.7. The summed E-state index contributed by atoms with van der Waals surface area (Å²) < 4.78 is 1.86. The number of benzene rings is 2. The number of imide groups is 2. The lowest BCUT2D eigenvalue weighted by atomic mass is 9.75. The molecule has 206 valence electrons. The summed E-state index contributed by atoms with van der Waals surface area (Å²) in [5.74, 6) is -0.783. The highest BCUT2D eigenvalue weighted by atomic mass is 35.5. The summed E-state index contributed by atoms with van der Waals surface area (Å²) in [6.45, 7) is 4.07. The van der Waals surface area contributed by atoms with E-state index in [1.807, 2.05) is 41.8 Å². The number of aryl methyl sites for hydroxylation is 1. The number of carbonyl (C=O) groups is 3. The number of piperidine rings is 1. The van der Waals surface area contributed by atoms with Gasteiger partial charge in [0.05, 0.1) is 5.69 Å². The van der Waals surface area contributed by atoms with E-state index in [0.29, 0.717) is 30.3 Å². The fourth-order valence-corrected chi connectivity index (χ4v) is 6.73. The van der Waals surface area contributed by atoms with Gasteiger partial charge in [0.1, 0.15) is 5.41 Å². The number of pyridine rings is 1. The second kappa shape index (κ2) is 10.3. The van der Waals surface area contributed by atoms with E-state index in [4.69, 9.17) is 11.6 Å². The number of nitrogens with zero attached hydrogens (tertiary/aromatic N) is 3. The van der Waals surface area contributed by atoms with Gasteiger partial charge in [-0.15, -0.1) is 0 Å². The standard InChI is InChI=1S/C31H31ClN4O4/c1-2-20-8-12-25(13-9-20)36-29(39)31(28(38)33-30(36)40,15-21-6-10-24(32)11-7-21)19-34-16-22-14-23(18-34)26-4-3-5-27(37)35(26)17-22/h3-13,22-23H,2,14-19H2,1H3,(H,33,38,40)/t22-,23+,31-/m1/s1. The zero-order chi connectivity index (χ0) is 28.0. The minimum Gasteiger partial charge on any atom is -0.312 e. The lowest BCUT2D eigenvalue weighted by Gasteiger charge is -2.47. The number of anilines is 1. The molecule has 3 aliphatic rings. The molecule has 0 aliphatic carbocycles. The van der Waals surface area contributed by atoms with Crippen molar-refractivity contribution in [3.8, 4) is 0 Å². The highest BCUT2D eigenvalue weighted by molar-refractivity contribution is 6.31. The summed E-state index contributed by atoms with van der Waals surface area (Å²) in [6.07, 6.45) is 1.90. The molecule has 2 aromatic carbocycles. The Morgan fingerprint density at radius 1 is 0.900 bits per heavy atom. The molecule has 4 amide bonds. The van der Waals surface area contributed by atoms with E-state index in [-0.39, 0.29) is 30.4 Å². The lowest BCUT2D eigenvalue weighted by molar-refractivity contribution is -0.144. The molecule has 40 heavy (non-hydrogen) atoms. The van der Waals surface area contributed by atoms with E-state index in [9.17, 15) is 19.2 Å². The number of aromatic nitrogens is 1. The summed E-state index contributed by atoms with van der Waals surface area (Å²) in [7, 11) is 0. The zero-order valence-corrected chi connectivity index (χ0v) is 23.1. The molecular weight excluding hydrogens is 528 g/mol. The van der Waals surface area contributed by atoms with Crippen LogP contribution < -0.4 is 15.8 Å². The van der Waals surface area contributed by atoms with Gasteiger partial charge in [0.2, 0.25) is 5.91 Å². The van der Waals surface area contributed by atoms with Crippen LogP contribution in [0.25, 0.3) is 0 Å². The topological polar surface area (TPSA) is 91.7 Å². The molecule has 3 aliphatic heterocycles. The summed E-state index contributed by atoms with van der Waals surface area (Å²) in [6, 6.07) is 19.0. The molecule has 2 bridgehead atoms. The first-order valence-corrected chi connectivity index (χ1v) is 14.1. The van der Waals surface area contributed by atoms with Gasteiger partial charge >= 0.3 is 6.03 Å². The number of halogens is 1. The number of barbiturate groups is 1. The Morgan fingerprint density at radius 3 is 2.35 bits per heavy atom. The van der Waals surface area contributed by atoms with E-state index in [2.05, 4.69) is 10.2 Å². The molecule has 3 atom stereocenters. The van der Waals surface area contributed by atoms with Crippen molar-refractivity contribution in [2.24, 2.45) is 11.3 Å². The third kappa shape index (κ3) is 4.65. The number of hydrogen-bond acceptors (Lipinski definition) is 5. The number of likely N-dealkylation sites (tertiary alicyclic amines) is 1. The maximum atomic E-state index is 14.4. The minimum absolute atomic E-state index is 0.00457. The summed E-state index contributed by atoms with van der Waals surface area (Å²) >= 11 is 6.12. The molecule has 8 nitrogen and oxygen atoms in total. The van der Waals surface area contributed by atoms with Crippen molar-refractivity contribution in [2.45, 2.75) is 38.6 Å². The van der Waals surface area contributed by atoms with Gasteiger partial charge in [0.15, 0.2) is 0 Å². The second-order valence-electron chi connectivity index (χ2n) is 11.2. The number of hydrogen-bond donors (Lipinski definition) is 1. The number of nitrogens with one attached hydrogen (secondary N) is 1. The molecule has 4 heterocycles. The largest absolute Gasteiger partial charge is 0.335 e. The first-order chi connectivity index (χ1) is 19.3. The number of fused-ring (bicyclic) bond motifs is 4. The van der Waals surface area contributed by atoms with Crippen LogP contribution in [0.3, 0.4) is 0 Å². The van der Waals surface area contributed by atoms with Crippen LogP contribution >= 0.6 is 11.6 Å². The Hall–Kier alpha value is -3.75. The van der Waals surface area contributed by atoms with Crippen molar-refractivity contribution in [2.75, 3.05) is 24.5 Å². The van der Waals surface area contributed by atoms with Gasteiger partial charge in [-0.05, 0) is 66.6 Å². The molecule has 0 spiro atoms. The molecule has 0 saturated carbocycles. The smallest absolute Gasteiger partial charge is 0.312 e. The van der Waals surface area contributed by atoms with E-state index in [1.54, 1.807) is 36.4 Å². The third-order valence-corrected chi connectivity index (χ3v) is 8.79. The quantitative estimate of drug-likeness (QED) is 0.462. The number of amides is 4. The van der Waals surface area contributed by atoms with E-state index in [0.717, 1.165) is 34.6 Å². The number of urea groups is 1. The van der Waals surface area contributed by atoms with Crippen LogP contribution in [0.2, 0.25) is 5.02 Å². The van der Waals surface area contributed by atoms with Crippen LogP contribution in [0.5, 0.6) is 0 Å². The molecule has 1 N–H and O–H groups in total. The molecule has 1 aromatic heterocycles. The second-order valence-corrected chi connectivity index (χ2v) is 11.6. The predicted molar refractivity (Wildman–Crippen MR) is 152 cm³/mol. The maximum Gasteiger partial charge on any atom is 0.335 e. The van der Waals surface area contributed by atoms with Crippen molar-refractivity contribution < 1.29 is 14.4 Å². The van der Waals surface area contributed by atoms with E-state index >= 15 is 0 Å². The predicted octanol–water partition coefficient (Wildman–Crippen LogP) is 4.00. The molecule has 3 aromatic rings. The number of carbonyl (C=O) groups excluding carboxylic acids is 3. The molecule has 2 saturated heterocycles. The summed E-state index contributed by atoms with van der Waals surface area (Å²) in [4.78, 5) is 57.0. The highest BCUT2D eigenvalue weighted by Gasteiger charge is 2.55. The summed E-state index contributed by atoms with van der Waals surface area (Å²) in [5, 5.41) is 3.06. The van der Waals surface area contributed by atoms with Crippen molar-refractivity contribution in [3.63, 3.8) is 0 Å². The molecule has 0 radical (unpaired) electrons. The Kier molecular flexibility index (Phi) is 6.84. The first kappa shape index (κ1) is 26.5. The molecule has 2 fully saturated rings. The van der Waals surface area contributed by atoms with E-state index < -0.39 is 23.3 Å². The van der Waals surface area contributed by atoms with Gasteiger partial charge in [-0.2, -0.15) is 0 Å². The molecule has 0 unspecified atom stereocenters. The van der Waals surface area contributed by atoms with Gasteiger partial charge < -0.3 is 9.47 Å². The number of rotatable bonds is 6. The zero-order valence-electron chi connectivity index (χ0n) is 22.3. The maximum absolute atomic E-state index is 14.4. The van der Waals surface area contributed by atoms with Crippen molar-refractivity contribution in [1.29, 1.82) is 0 Å². The van der Waals surface area contributed by atoms with Crippen LogP contribution in [0.4, 0.5) is 10.5 Å². The van der Waals surface area contributed by atoms with Crippen LogP contribution in [0.1, 0.15) is 36.1 Å². The van der Waals surface area contributed by atoms with Crippen LogP contribution in [0.15, 0.2) is 71.5 Å². The van der Waals surface area contributed by atoms with Gasteiger partial charge in [-0.3, -0.25) is 19.7 Å². The average Bonchev–Trinajstić information content (AvgIpc) is 2.94. The Labute approximate surface area is 237 Å². The van der Waals surface area contributed by atoms with Crippen molar-refractivity contribution in [3.05, 3.63) is 98.9 Å². The molecule has 6 rings (SSSR count). The highest BCUT2D eigenvalue weighted by Crippen LogP contribution is 2.39. The fourth-order valence-electron chi connectivity index (χ4n) is 6.60. The molecule has 9 heteroatoms. The van der Waals surface area contributed by atoms with Crippen LogP contribution in [0, 0.1) is 11.3 Å². The molecular formula is C31H31ClN4O4. The normalized spacial score (nSPS) is 24.6. The third-order valence-electron chi connectivity index (χ3n) is 8.54. The van der Waals surface area contributed by atoms with Crippen molar-refractivity contribution in [1.82, 2.24) is 14.8 Å². The fraction of sp³-hybridized carbons (Fsp3) is 0.355. The lowest BCUT2D eigenvalue weighted by Crippen LogP contribution is -2.68. The van der Waals surface area contributed by atoms with Crippen LogP contribution in [-0.2, 0) is 29.0 Å². The van der Waals surface area contributed by atoms with Gasteiger partial charge in [-0.25, -0.2) is 9.69 Å². The van der Waals surface area contributed by atoms with Gasteiger partial charge in [0, 0.05) is 48.9 Å².